The Morgan fingerprint density at radius 3 is 2.87 bits per heavy atom. The second-order valence-corrected chi connectivity index (χ2v) is 7.06. The molecule has 1 unspecified atom stereocenters. The van der Waals surface area contributed by atoms with Crippen LogP contribution in [0.1, 0.15) is 45.4 Å². The fraction of sp³-hybridized carbons (Fsp3) is 0.706. The summed E-state index contributed by atoms with van der Waals surface area (Å²) in [6.07, 6.45) is 6.77. The van der Waals surface area contributed by atoms with Crippen molar-refractivity contribution in [2.24, 2.45) is 11.3 Å². The van der Waals surface area contributed by atoms with E-state index in [1.54, 1.807) is 19.4 Å². The Bertz CT molecular complexity index is 569. The van der Waals surface area contributed by atoms with Gasteiger partial charge in [-0.25, -0.2) is 9.78 Å². The number of amides is 2. The molecule has 1 saturated carbocycles. The molecule has 1 saturated heterocycles. The molecule has 1 N–H and O–H groups in total. The van der Waals surface area contributed by atoms with Crippen LogP contribution >= 0.6 is 0 Å². The van der Waals surface area contributed by atoms with Crippen LogP contribution in [0.4, 0.5) is 4.79 Å². The average Bonchev–Trinajstić information content (AvgIpc) is 3.01. The maximum absolute atomic E-state index is 12.5. The molecule has 0 radical (unpaired) electrons. The number of carbonyl (C=O) groups excluding carboxylic acids is 1. The fourth-order valence-corrected chi connectivity index (χ4v) is 4.38. The zero-order chi connectivity index (χ0) is 16.4. The molecule has 2 aliphatic rings. The minimum Gasteiger partial charge on any atom is -0.481 e. The molecule has 3 rings (SSSR count). The van der Waals surface area contributed by atoms with Crippen molar-refractivity contribution in [2.45, 2.75) is 52.1 Å². The number of likely N-dealkylation sites (tertiary alicyclic amines) is 1. The van der Waals surface area contributed by atoms with Gasteiger partial charge >= 0.3 is 6.03 Å². The first-order valence-corrected chi connectivity index (χ1v) is 8.46. The van der Waals surface area contributed by atoms with Crippen LogP contribution in [0.25, 0.3) is 0 Å². The standard InChI is InChI=1S/C17H26N4O2/c1-12(2)15-17(7-4-5-8-17)11-21(15)16(22)19-10-13-18-9-6-14(20-13)23-3/h6,9,12,15H,4-5,7-8,10-11H2,1-3H3,(H,19,22). The molecule has 1 spiro atoms. The summed E-state index contributed by atoms with van der Waals surface area (Å²) in [5, 5.41) is 2.95. The van der Waals surface area contributed by atoms with E-state index in [1.165, 1.54) is 25.7 Å². The summed E-state index contributed by atoms with van der Waals surface area (Å²) in [5.41, 5.74) is 0.373. The molecule has 2 fully saturated rings. The third kappa shape index (κ3) is 2.99. The summed E-state index contributed by atoms with van der Waals surface area (Å²) in [6, 6.07) is 2.04. The van der Waals surface area contributed by atoms with Gasteiger partial charge in [-0.1, -0.05) is 26.7 Å². The maximum atomic E-state index is 12.5. The van der Waals surface area contributed by atoms with E-state index < -0.39 is 0 Å². The van der Waals surface area contributed by atoms with Gasteiger partial charge in [-0.05, 0) is 18.8 Å². The van der Waals surface area contributed by atoms with Crippen molar-refractivity contribution in [3.05, 3.63) is 18.1 Å². The van der Waals surface area contributed by atoms with Crippen molar-refractivity contribution in [3.8, 4) is 5.88 Å². The van der Waals surface area contributed by atoms with Crippen molar-refractivity contribution >= 4 is 6.03 Å². The highest BCUT2D eigenvalue weighted by Gasteiger charge is 2.56. The van der Waals surface area contributed by atoms with Crippen molar-refractivity contribution in [1.29, 1.82) is 0 Å². The Labute approximate surface area is 137 Å². The second kappa shape index (κ2) is 6.34. The van der Waals surface area contributed by atoms with E-state index in [1.807, 2.05) is 4.90 Å². The highest BCUT2D eigenvalue weighted by molar-refractivity contribution is 5.76. The molecule has 1 aliphatic carbocycles. The summed E-state index contributed by atoms with van der Waals surface area (Å²) in [7, 11) is 1.57. The van der Waals surface area contributed by atoms with E-state index in [0.717, 1.165) is 6.54 Å². The van der Waals surface area contributed by atoms with Gasteiger partial charge in [-0.15, -0.1) is 0 Å². The van der Waals surface area contributed by atoms with E-state index in [0.29, 0.717) is 35.6 Å². The van der Waals surface area contributed by atoms with Crippen LogP contribution in [0, 0.1) is 11.3 Å². The highest BCUT2D eigenvalue weighted by atomic mass is 16.5. The predicted molar refractivity (Wildman–Crippen MR) is 87.1 cm³/mol. The van der Waals surface area contributed by atoms with Gasteiger partial charge in [-0.3, -0.25) is 0 Å². The Morgan fingerprint density at radius 1 is 1.48 bits per heavy atom. The summed E-state index contributed by atoms with van der Waals surface area (Å²) in [4.78, 5) is 22.9. The molecule has 0 aromatic carbocycles. The van der Waals surface area contributed by atoms with Gasteiger partial charge < -0.3 is 15.0 Å². The molecule has 1 atom stereocenters. The smallest absolute Gasteiger partial charge is 0.318 e. The molecule has 1 aliphatic heterocycles. The van der Waals surface area contributed by atoms with E-state index in [9.17, 15) is 4.79 Å². The van der Waals surface area contributed by atoms with Crippen LogP contribution in [-0.2, 0) is 6.54 Å². The van der Waals surface area contributed by atoms with Crippen molar-refractivity contribution < 1.29 is 9.53 Å². The minimum absolute atomic E-state index is 0.00681. The zero-order valence-corrected chi connectivity index (χ0v) is 14.2. The molecule has 2 heterocycles. The zero-order valence-electron chi connectivity index (χ0n) is 14.2. The summed E-state index contributed by atoms with van der Waals surface area (Å²) < 4.78 is 5.08. The second-order valence-electron chi connectivity index (χ2n) is 7.06. The normalized spacial score (nSPS) is 22.3. The molecule has 0 bridgehead atoms. The van der Waals surface area contributed by atoms with Gasteiger partial charge in [0, 0.05) is 30.3 Å². The highest BCUT2D eigenvalue weighted by Crippen LogP contribution is 2.52. The first kappa shape index (κ1) is 16.0. The van der Waals surface area contributed by atoms with E-state index >= 15 is 0 Å². The molecule has 6 nitrogen and oxygen atoms in total. The number of rotatable bonds is 4. The Hall–Kier alpha value is -1.85. The molecule has 6 heteroatoms. The number of ether oxygens (including phenoxy) is 1. The SMILES string of the molecule is COc1ccnc(CNC(=O)N2CC3(CCCC3)C2C(C)C)n1. The average molecular weight is 318 g/mol. The van der Waals surface area contributed by atoms with E-state index in [-0.39, 0.29) is 6.03 Å². The quantitative estimate of drug-likeness (QED) is 0.926. The van der Waals surface area contributed by atoms with Crippen molar-refractivity contribution in [2.75, 3.05) is 13.7 Å². The third-order valence-electron chi connectivity index (χ3n) is 5.23. The van der Waals surface area contributed by atoms with Gasteiger partial charge in [-0.2, -0.15) is 4.98 Å². The van der Waals surface area contributed by atoms with E-state index in [4.69, 9.17) is 4.74 Å². The fourth-order valence-electron chi connectivity index (χ4n) is 4.38. The van der Waals surface area contributed by atoms with Crippen LogP contribution in [0.3, 0.4) is 0 Å². The topological polar surface area (TPSA) is 67.3 Å². The summed E-state index contributed by atoms with van der Waals surface area (Å²) in [5.74, 6) is 1.56. The van der Waals surface area contributed by atoms with Gasteiger partial charge in [0.15, 0.2) is 5.82 Å². The van der Waals surface area contributed by atoms with Gasteiger partial charge in [0.25, 0.3) is 0 Å². The third-order valence-corrected chi connectivity index (χ3v) is 5.23. The lowest BCUT2D eigenvalue weighted by molar-refractivity contribution is -0.0616. The lowest BCUT2D eigenvalue weighted by Crippen LogP contribution is -2.68. The minimum atomic E-state index is -0.00681. The van der Waals surface area contributed by atoms with Crippen molar-refractivity contribution in [1.82, 2.24) is 20.2 Å². The first-order valence-electron chi connectivity index (χ1n) is 8.46. The lowest BCUT2D eigenvalue weighted by Gasteiger charge is -2.58. The van der Waals surface area contributed by atoms with Gasteiger partial charge in [0.1, 0.15) is 0 Å². The maximum Gasteiger partial charge on any atom is 0.318 e. The number of urea groups is 1. The van der Waals surface area contributed by atoms with Crippen LogP contribution in [-0.4, -0.2) is 40.6 Å². The Morgan fingerprint density at radius 2 is 2.22 bits per heavy atom. The number of nitrogens with one attached hydrogen (secondary N) is 1. The number of methoxy groups -OCH3 is 1. The number of nitrogens with zero attached hydrogens (tertiary/aromatic N) is 3. The van der Waals surface area contributed by atoms with Crippen molar-refractivity contribution in [3.63, 3.8) is 0 Å². The van der Waals surface area contributed by atoms with E-state index in [2.05, 4.69) is 29.1 Å². The first-order chi connectivity index (χ1) is 11.1. The number of hydrogen-bond donors (Lipinski definition) is 1. The summed E-state index contributed by atoms with van der Waals surface area (Å²) in [6.45, 7) is 5.65. The molecular formula is C17H26N4O2. The molecule has 1 aromatic rings. The number of carbonyl (C=O) groups is 1. The molecule has 126 valence electrons. The van der Waals surface area contributed by atoms with Crippen LogP contribution in [0.15, 0.2) is 12.3 Å². The molecule has 23 heavy (non-hydrogen) atoms. The molecular weight excluding hydrogens is 292 g/mol. The number of aromatic nitrogens is 2. The monoisotopic (exact) mass is 318 g/mol. The van der Waals surface area contributed by atoms with Gasteiger partial charge in [0.2, 0.25) is 5.88 Å². The van der Waals surface area contributed by atoms with Crippen LogP contribution in [0.2, 0.25) is 0 Å². The van der Waals surface area contributed by atoms with Gasteiger partial charge in [0.05, 0.1) is 13.7 Å². The molecule has 1 aromatic heterocycles. The number of hydrogen-bond acceptors (Lipinski definition) is 4. The lowest BCUT2D eigenvalue weighted by atomic mass is 9.66. The van der Waals surface area contributed by atoms with Crippen LogP contribution in [0.5, 0.6) is 5.88 Å². The molecule has 2 amide bonds. The Kier molecular flexibility index (Phi) is 4.41. The largest absolute Gasteiger partial charge is 0.481 e. The summed E-state index contributed by atoms with van der Waals surface area (Å²) >= 11 is 0. The Balaban J connectivity index is 1.60. The van der Waals surface area contributed by atoms with Crippen LogP contribution < -0.4 is 10.1 Å². The predicted octanol–water partition coefficient (Wildman–Crippen LogP) is 2.60.